The molecule has 1 aromatic carbocycles. The first-order valence-corrected chi connectivity index (χ1v) is 11.2. The molecule has 0 spiro atoms. The fraction of sp³-hybridized carbons (Fsp3) is 0.600. The van der Waals surface area contributed by atoms with Crippen LogP contribution in [0.2, 0.25) is 0 Å². The molecule has 11 heteroatoms. The van der Waals surface area contributed by atoms with Crippen LogP contribution in [0.15, 0.2) is 18.3 Å². The van der Waals surface area contributed by atoms with Crippen molar-refractivity contribution < 1.29 is 33.2 Å². The van der Waals surface area contributed by atoms with Crippen molar-refractivity contribution in [2.24, 2.45) is 0 Å². The summed E-state index contributed by atoms with van der Waals surface area (Å²) >= 11 is 1.48. The summed E-state index contributed by atoms with van der Waals surface area (Å²) in [6.07, 6.45) is 3.31. The SMILES string of the molecule is OCC1OC(SC2CCCCC2)C(O)C(n2cc(-c3cc(F)c(F)c(F)c3)nn2)C1O. The number of nitrogens with zero attached hydrogens (tertiary/aromatic N) is 3. The zero-order valence-electron chi connectivity index (χ0n) is 16.6. The Morgan fingerprint density at radius 1 is 1.06 bits per heavy atom. The quantitative estimate of drug-likeness (QED) is 0.591. The van der Waals surface area contributed by atoms with E-state index in [1.165, 1.54) is 29.1 Å². The van der Waals surface area contributed by atoms with Crippen LogP contribution in [0.5, 0.6) is 0 Å². The van der Waals surface area contributed by atoms with Gasteiger partial charge in [0.05, 0.1) is 12.8 Å². The number of hydrogen-bond donors (Lipinski definition) is 3. The summed E-state index contributed by atoms with van der Waals surface area (Å²) in [6, 6.07) is 0.590. The van der Waals surface area contributed by atoms with E-state index in [2.05, 4.69) is 10.3 Å². The van der Waals surface area contributed by atoms with Crippen molar-refractivity contribution in [3.05, 3.63) is 35.8 Å². The average Bonchev–Trinajstić information content (AvgIpc) is 3.24. The maximum absolute atomic E-state index is 13.6. The molecule has 7 nitrogen and oxygen atoms in total. The van der Waals surface area contributed by atoms with Gasteiger partial charge in [-0.25, -0.2) is 17.9 Å². The van der Waals surface area contributed by atoms with E-state index < -0.39 is 53.8 Å². The highest BCUT2D eigenvalue weighted by molar-refractivity contribution is 8.00. The van der Waals surface area contributed by atoms with Crippen LogP contribution in [0.1, 0.15) is 38.1 Å². The van der Waals surface area contributed by atoms with Crippen LogP contribution in [0.3, 0.4) is 0 Å². The summed E-state index contributed by atoms with van der Waals surface area (Å²) in [7, 11) is 0. The second-order valence-corrected chi connectivity index (χ2v) is 9.33. The molecule has 0 radical (unpaired) electrons. The average molecular weight is 459 g/mol. The first-order valence-electron chi connectivity index (χ1n) is 10.2. The maximum atomic E-state index is 13.6. The van der Waals surface area contributed by atoms with Gasteiger partial charge < -0.3 is 20.1 Å². The fourth-order valence-electron chi connectivity index (χ4n) is 4.14. The molecular formula is C20H24F3N3O4S. The maximum Gasteiger partial charge on any atom is 0.194 e. The van der Waals surface area contributed by atoms with E-state index in [1.54, 1.807) is 0 Å². The van der Waals surface area contributed by atoms with Crippen LogP contribution in [-0.2, 0) is 4.74 Å². The molecular weight excluding hydrogens is 435 g/mol. The molecule has 1 aliphatic carbocycles. The lowest BCUT2D eigenvalue weighted by Gasteiger charge is -2.43. The molecule has 5 atom stereocenters. The molecule has 1 aliphatic heterocycles. The molecule has 0 amide bonds. The van der Waals surface area contributed by atoms with Gasteiger partial charge in [-0.1, -0.05) is 24.5 Å². The van der Waals surface area contributed by atoms with E-state index in [0.29, 0.717) is 5.25 Å². The van der Waals surface area contributed by atoms with Gasteiger partial charge >= 0.3 is 0 Å². The standard InChI is InChI=1S/C20H24F3N3O4S/c21-12-6-10(7-13(22)16(12)23)14-8-26(25-24-14)17-18(28)15(9-27)30-20(19(17)29)31-11-4-2-1-3-5-11/h6-8,11,15,17-20,27-29H,1-5,9H2. The third kappa shape index (κ3) is 4.61. The van der Waals surface area contributed by atoms with E-state index in [0.717, 1.165) is 37.8 Å². The zero-order chi connectivity index (χ0) is 22.1. The van der Waals surface area contributed by atoms with E-state index >= 15 is 0 Å². The lowest BCUT2D eigenvalue weighted by molar-refractivity contribution is -0.178. The molecule has 170 valence electrons. The highest BCUT2D eigenvalue weighted by Crippen LogP contribution is 2.40. The van der Waals surface area contributed by atoms with Gasteiger partial charge in [-0.2, -0.15) is 0 Å². The number of ether oxygens (including phenoxy) is 1. The highest BCUT2D eigenvalue weighted by Gasteiger charge is 2.47. The van der Waals surface area contributed by atoms with E-state index in [9.17, 15) is 28.5 Å². The van der Waals surface area contributed by atoms with Crippen molar-refractivity contribution in [1.29, 1.82) is 0 Å². The second-order valence-electron chi connectivity index (χ2n) is 7.93. The summed E-state index contributed by atoms with van der Waals surface area (Å²) in [5.41, 5.74) is -0.687. The molecule has 2 aliphatic rings. The topological polar surface area (TPSA) is 101 Å². The van der Waals surface area contributed by atoms with Gasteiger partial charge in [0.25, 0.3) is 0 Å². The van der Waals surface area contributed by atoms with Crippen LogP contribution in [0.4, 0.5) is 13.2 Å². The smallest absolute Gasteiger partial charge is 0.194 e. The predicted molar refractivity (Wildman–Crippen MR) is 107 cm³/mol. The van der Waals surface area contributed by atoms with Gasteiger partial charge in [0, 0.05) is 10.8 Å². The predicted octanol–water partition coefficient (Wildman–Crippen LogP) is 2.41. The number of benzene rings is 1. The Hall–Kier alpha value is -1.66. The molecule has 3 N–H and O–H groups in total. The normalized spacial score (nSPS) is 29.9. The number of halogens is 3. The Morgan fingerprint density at radius 2 is 1.74 bits per heavy atom. The first-order chi connectivity index (χ1) is 14.9. The largest absolute Gasteiger partial charge is 0.394 e. The van der Waals surface area contributed by atoms with Crippen LogP contribution < -0.4 is 0 Å². The van der Waals surface area contributed by atoms with Crippen molar-refractivity contribution in [1.82, 2.24) is 15.0 Å². The number of rotatable bonds is 5. The van der Waals surface area contributed by atoms with Gasteiger partial charge in [-0.15, -0.1) is 16.9 Å². The monoisotopic (exact) mass is 459 g/mol. The van der Waals surface area contributed by atoms with Crippen LogP contribution >= 0.6 is 11.8 Å². The minimum atomic E-state index is -1.58. The summed E-state index contributed by atoms with van der Waals surface area (Å²) in [4.78, 5) is 0. The molecule has 1 saturated carbocycles. The van der Waals surface area contributed by atoms with Gasteiger partial charge in [0.1, 0.15) is 35.5 Å². The summed E-state index contributed by atoms with van der Waals surface area (Å²) in [6.45, 7) is -0.456. The van der Waals surface area contributed by atoms with Crippen molar-refractivity contribution in [3.63, 3.8) is 0 Å². The van der Waals surface area contributed by atoms with Crippen molar-refractivity contribution in [2.45, 2.75) is 67.1 Å². The van der Waals surface area contributed by atoms with Gasteiger partial charge in [0.2, 0.25) is 0 Å². The molecule has 2 aromatic rings. The Balaban J connectivity index is 1.59. The number of thioether (sulfide) groups is 1. The molecule has 1 saturated heterocycles. The lowest BCUT2D eigenvalue weighted by Crippen LogP contribution is -2.55. The highest BCUT2D eigenvalue weighted by atomic mass is 32.2. The Morgan fingerprint density at radius 3 is 2.39 bits per heavy atom. The minimum Gasteiger partial charge on any atom is -0.394 e. The van der Waals surface area contributed by atoms with E-state index in [4.69, 9.17) is 4.74 Å². The molecule has 5 unspecified atom stereocenters. The number of aromatic nitrogens is 3. The molecule has 2 fully saturated rings. The van der Waals surface area contributed by atoms with E-state index in [1.807, 2.05) is 0 Å². The van der Waals surface area contributed by atoms with Gasteiger partial charge in [0.15, 0.2) is 17.5 Å². The number of aliphatic hydroxyl groups is 3. The van der Waals surface area contributed by atoms with Gasteiger partial charge in [-0.3, -0.25) is 0 Å². The Labute approximate surface area is 181 Å². The fourth-order valence-corrected chi connectivity index (χ4v) is 5.66. The Bertz CT molecular complexity index is 889. The lowest BCUT2D eigenvalue weighted by atomic mass is 9.97. The molecule has 4 rings (SSSR count). The van der Waals surface area contributed by atoms with Crippen LogP contribution in [0, 0.1) is 17.5 Å². The second kappa shape index (κ2) is 9.45. The third-order valence-electron chi connectivity index (χ3n) is 5.82. The van der Waals surface area contributed by atoms with E-state index in [-0.39, 0.29) is 11.3 Å². The third-order valence-corrected chi connectivity index (χ3v) is 7.34. The first kappa shape index (κ1) is 22.5. The van der Waals surface area contributed by atoms with Crippen LogP contribution in [-0.4, -0.2) is 65.9 Å². The van der Waals surface area contributed by atoms with Gasteiger partial charge in [-0.05, 0) is 25.0 Å². The van der Waals surface area contributed by atoms with Crippen LogP contribution in [0.25, 0.3) is 11.3 Å². The molecule has 1 aromatic heterocycles. The summed E-state index contributed by atoms with van der Waals surface area (Å²) < 4.78 is 47.4. The minimum absolute atomic E-state index is 0.0365. The molecule has 2 heterocycles. The van der Waals surface area contributed by atoms with Crippen molar-refractivity contribution in [2.75, 3.05) is 6.61 Å². The zero-order valence-corrected chi connectivity index (χ0v) is 17.4. The summed E-state index contributed by atoms with van der Waals surface area (Å²) in [5, 5.41) is 39.4. The number of aliphatic hydroxyl groups excluding tert-OH is 3. The number of hydrogen-bond acceptors (Lipinski definition) is 7. The van der Waals surface area contributed by atoms with Crippen molar-refractivity contribution >= 4 is 11.8 Å². The molecule has 31 heavy (non-hydrogen) atoms. The Kier molecular flexibility index (Phi) is 6.87. The van der Waals surface area contributed by atoms with Crippen molar-refractivity contribution in [3.8, 4) is 11.3 Å². The molecule has 0 bridgehead atoms. The summed E-state index contributed by atoms with van der Waals surface area (Å²) in [5.74, 6) is -4.31.